The zero-order valence-electron chi connectivity index (χ0n) is 19.6. The molecule has 1 saturated carbocycles. The molecule has 8 nitrogen and oxygen atoms in total. The van der Waals surface area contributed by atoms with Crippen LogP contribution >= 0.6 is 7.14 Å². The largest absolute Gasteiger partial charge is 0.495 e. The normalized spacial score (nSPS) is 18.5. The average Bonchev–Trinajstić information content (AvgIpc) is 3.57. The summed E-state index contributed by atoms with van der Waals surface area (Å²) in [6.45, 7) is 3.86. The third kappa shape index (κ3) is 4.71. The lowest BCUT2D eigenvalue weighted by Crippen LogP contribution is -2.38. The number of methoxy groups -OCH3 is 1. The lowest BCUT2D eigenvalue weighted by Gasteiger charge is -2.32. The number of H-pyrrole nitrogens is 1. The molecule has 0 radical (unpaired) electrons. The first-order chi connectivity index (χ1) is 16.7. The fourth-order valence-electron chi connectivity index (χ4n) is 4.63. The Kier molecular flexibility index (Phi) is 6.17. The molecule has 12 heteroatoms. The number of nitrogens with zero attached hydrogens (tertiary/aromatic N) is 3. The summed E-state index contributed by atoms with van der Waals surface area (Å²) in [7, 11) is -1.00. The van der Waals surface area contributed by atoms with Gasteiger partial charge in [0, 0.05) is 49.5 Å². The monoisotopic (exact) mass is 508 g/mol. The number of anilines is 3. The van der Waals surface area contributed by atoms with Crippen LogP contribution < -0.4 is 20.7 Å². The Bertz CT molecular complexity index is 1280. The highest BCUT2D eigenvalue weighted by molar-refractivity contribution is 7.71. The van der Waals surface area contributed by atoms with Gasteiger partial charge in [-0.05, 0) is 38.0 Å². The van der Waals surface area contributed by atoms with Gasteiger partial charge in [0.1, 0.15) is 24.4 Å². The van der Waals surface area contributed by atoms with Crippen LogP contribution in [0.25, 0.3) is 11.0 Å². The zero-order chi connectivity index (χ0) is 24.8. The number of ether oxygens (including phenoxy) is 1. The van der Waals surface area contributed by atoms with Crippen molar-refractivity contribution in [1.29, 1.82) is 0 Å². The number of benzene rings is 1. The van der Waals surface area contributed by atoms with E-state index in [2.05, 4.69) is 30.5 Å². The number of aromatic amines is 1. The molecule has 35 heavy (non-hydrogen) atoms. The van der Waals surface area contributed by atoms with Crippen molar-refractivity contribution in [3.05, 3.63) is 30.0 Å². The molecule has 1 aliphatic carbocycles. The maximum Gasteiger partial charge on any atom is 0.418 e. The minimum Gasteiger partial charge on any atom is -0.495 e. The molecular formula is C23H28F3N6O2P. The van der Waals surface area contributed by atoms with Crippen molar-refractivity contribution >= 4 is 40.9 Å². The van der Waals surface area contributed by atoms with Crippen molar-refractivity contribution in [2.45, 2.75) is 32.0 Å². The first kappa shape index (κ1) is 23.9. The summed E-state index contributed by atoms with van der Waals surface area (Å²) in [6.07, 6.45) is 0.139. The van der Waals surface area contributed by atoms with Gasteiger partial charge < -0.3 is 24.9 Å². The summed E-state index contributed by atoms with van der Waals surface area (Å²) in [5, 5.41) is 6.61. The number of fused-ring (bicyclic) bond motifs is 1. The van der Waals surface area contributed by atoms with Crippen molar-refractivity contribution in [2.24, 2.45) is 0 Å². The van der Waals surface area contributed by atoms with Crippen LogP contribution in [0.3, 0.4) is 0 Å². The van der Waals surface area contributed by atoms with Gasteiger partial charge in [-0.1, -0.05) is 0 Å². The van der Waals surface area contributed by atoms with Crippen molar-refractivity contribution in [1.82, 2.24) is 19.9 Å². The van der Waals surface area contributed by atoms with E-state index < -0.39 is 18.9 Å². The number of hydrogen-bond donors (Lipinski definition) is 3. The molecule has 1 saturated heterocycles. The van der Waals surface area contributed by atoms with E-state index in [-0.39, 0.29) is 22.8 Å². The second-order valence-corrected chi connectivity index (χ2v) is 12.2. The molecule has 0 amide bonds. The van der Waals surface area contributed by atoms with E-state index in [0.717, 1.165) is 24.6 Å². The lowest BCUT2D eigenvalue weighted by atomic mass is 10.2. The second kappa shape index (κ2) is 9.02. The number of nitrogens with one attached hydrogen (secondary N) is 3. The topological polar surface area (TPSA) is 95.2 Å². The van der Waals surface area contributed by atoms with Gasteiger partial charge in [0.05, 0.1) is 23.7 Å². The van der Waals surface area contributed by atoms with Gasteiger partial charge in [-0.25, -0.2) is 0 Å². The third-order valence-electron chi connectivity index (χ3n) is 6.64. The maximum absolute atomic E-state index is 13.7. The third-order valence-corrected chi connectivity index (χ3v) is 9.71. The molecular weight excluding hydrogens is 480 g/mol. The van der Waals surface area contributed by atoms with E-state index in [9.17, 15) is 17.7 Å². The van der Waals surface area contributed by atoms with Crippen LogP contribution in [-0.4, -0.2) is 65.0 Å². The second-order valence-electron chi connectivity index (χ2n) is 8.96. The Labute approximate surface area is 201 Å². The highest BCUT2D eigenvalue weighted by Gasteiger charge is 2.37. The molecule has 3 N–H and O–H groups in total. The van der Waals surface area contributed by atoms with Crippen LogP contribution in [0.2, 0.25) is 0 Å². The first-order valence-corrected chi connectivity index (χ1v) is 13.8. The van der Waals surface area contributed by atoms with Gasteiger partial charge in [0.2, 0.25) is 5.95 Å². The molecule has 3 heterocycles. The smallest absolute Gasteiger partial charge is 0.418 e. The summed E-state index contributed by atoms with van der Waals surface area (Å²) >= 11 is 0. The Balaban J connectivity index is 1.43. The molecule has 5 rings (SSSR count). The summed E-state index contributed by atoms with van der Waals surface area (Å²) in [5.74, 6) is 0.661. The minimum atomic E-state index is -4.54. The number of aromatic nitrogens is 3. The number of hydrogen-bond acceptors (Lipinski definition) is 7. The van der Waals surface area contributed by atoms with Crippen molar-refractivity contribution in [3.63, 3.8) is 0 Å². The summed E-state index contributed by atoms with van der Waals surface area (Å²) in [5.41, 5.74) is -0.230. The van der Waals surface area contributed by atoms with Gasteiger partial charge in [-0.3, -0.25) is 4.90 Å². The zero-order valence-corrected chi connectivity index (χ0v) is 20.5. The van der Waals surface area contributed by atoms with E-state index >= 15 is 0 Å². The Morgan fingerprint density at radius 1 is 1.23 bits per heavy atom. The van der Waals surface area contributed by atoms with E-state index in [0.29, 0.717) is 36.3 Å². The van der Waals surface area contributed by atoms with Crippen LogP contribution in [0.15, 0.2) is 24.4 Å². The van der Waals surface area contributed by atoms with Gasteiger partial charge in [-0.15, -0.1) is 0 Å². The van der Waals surface area contributed by atoms with Crippen LogP contribution in [0, 0.1) is 0 Å². The highest BCUT2D eigenvalue weighted by Crippen LogP contribution is 2.49. The minimum absolute atomic E-state index is 0.0632. The van der Waals surface area contributed by atoms with E-state index in [1.54, 1.807) is 19.1 Å². The molecule has 2 aromatic heterocycles. The fraction of sp³-hybridized carbons (Fsp3) is 0.478. The van der Waals surface area contributed by atoms with Gasteiger partial charge >= 0.3 is 6.18 Å². The maximum atomic E-state index is 13.7. The molecule has 1 aliphatic heterocycles. The van der Waals surface area contributed by atoms with Crippen molar-refractivity contribution in [3.8, 4) is 5.75 Å². The molecule has 2 fully saturated rings. The first-order valence-electron chi connectivity index (χ1n) is 11.7. The molecule has 0 bridgehead atoms. The summed E-state index contributed by atoms with van der Waals surface area (Å²) < 4.78 is 59.6. The Morgan fingerprint density at radius 3 is 2.60 bits per heavy atom. The number of rotatable bonds is 7. The lowest BCUT2D eigenvalue weighted by molar-refractivity contribution is -0.136. The Hall–Kier alpha value is -2.78. The summed E-state index contributed by atoms with van der Waals surface area (Å²) in [6, 6.07) is 6.05. The standard InChI is InChI=1S/C23H28F3N6O2P/c1-3-27-20-19-16(23(24,25)26)13-28-21(19)31-22(30-20)29-17-7-6-15(12-18(17)34-2)35(33)10-8-32(9-11-35)14-4-5-14/h6-7,12-14H,3-5,8-11H2,1-2H3,(H3,27,28,29,30,31). The molecule has 0 spiro atoms. The molecule has 0 atom stereocenters. The molecule has 2 aliphatic rings. The highest BCUT2D eigenvalue weighted by atomic mass is 31.2. The van der Waals surface area contributed by atoms with Crippen molar-refractivity contribution in [2.75, 3.05) is 49.7 Å². The van der Waals surface area contributed by atoms with E-state index in [1.807, 2.05) is 6.07 Å². The average molecular weight is 508 g/mol. The quantitative estimate of drug-likeness (QED) is 0.401. The SMILES string of the molecule is CCNc1nc(Nc2ccc(P3(=O)CCN(C4CC4)CC3)cc2OC)nc2[nH]cc(C(F)(F)F)c12. The van der Waals surface area contributed by atoms with E-state index in [4.69, 9.17) is 4.74 Å². The van der Waals surface area contributed by atoms with Crippen LogP contribution in [0.5, 0.6) is 5.75 Å². The number of halogens is 3. The molecule has 3 aromatic rings. The predicted octanol–water partition coefficient (Wildman–Crippen LogP) is 4.63. The van der Waals surface area contributed by atoms with Gasteiger partial charge in [-0.2, -0.15) is 23.1 Å². The van der Waals surface area contributed by atoms with Crippen LogP contribution in [0.1, 0.15) is 25.3 Å². The van der Waals surface area contributed by atoms with Gasteiger partial charge in [0.15, 0.2) is 0 Å². The van der Waals surface area contributed by atoms with Crippen LogP contribution in [-0.2, 0) is 10.7 Å². The summed E-state index contributed by atoms with van der Waals surface area (Å²) in [4.78, 5) is 13.6. The van der Waals surface area contributed by atoms with Gasteiger partial charge in [0.25, 0.3) is 0 Å². The molecule has 1 aromatic carbocycles. The number of alkyl halides is 3. The van der Waals surface area contributed by atoms with Crippen LogP contribution in [0.4, 0.5) is 30.6 Å². The fourth-order valence-corrected chi connectivity index (χ4v) is 7.23. The molecule has 0 unspecified atom stereocenters. The van der Waals surface area contributed by atoms with Crippen molar-refractivity contribution < 1.29 is 22.5 Å². The van der Waals surface area contributed by atoms with E-state index in [1.165, 1.54) is 20.0 Å². The Morgan fingerprint density at radius 2 is 1.97 bits per heavy atom. The molecule has 188 valence electrons. The predicted molar refractivity (Wildman–Crippen MR) is 131 cm³/mol.